The van der Waals surface area contributed by atoms with Gasteiger partial charge in [-0.05, 0) is 45.6 Å². The van der Waals surface area contributed by atoms with Crippen LogP contribution >= 0.6 is 0 Å². The van der Waals surface area contributed by atoms with Crippen molar-refractivity contribution in [1.82, 2.24) is 10.2 Å². The molecule has 274 valence electrons. The van der Waals surface area contributed by atoms with E-state index in [1.807, 2.05) is 13.8 Å². The third-order valence-electron chi connectivity index (χ3n) is 10.9. The summed E-state index contributed by atoms with van der Waals surface area (Å²) >= 11 is 0. The van der Waals surface area contributed by atoms with Crippen molar-refractivity contribution in [3.8, 4) is 17.2 Å². The number of hydrogen-bond donors (Lipinski definition) is 5. The molecule has 14 nitrogen and oxygen atoms in total. The Hall–Kier alpha value is -4.37. The number of nitrogens with zero attached hydrogens (tertiary/aromatic N) is 1. The van der Waals surface area contributed by atoms with E-state index in [1.54, 1.807) is 11.8 Å². The maximum absolute atomic E-state index is 13.9. The van der Waals surface area contributed by atoms with Crippen LogP contribution in [0, 0.1) is 11.8 Å². The second-order valence-electron chi connectivity index (χ2n) is 13.9. The van der Waals surface area contributed by atoms with Crippen LogP contribution in [0.25, 0.3) is 0 Å². The Morgan fingerprint density at radius 3 is 2.41 bits per heavy atom. The van der Waals surface area contributed by atoms with Crippen molar-refractivity contribution < 1.29 is 58.6 Å². The molecule has 51 heavy (non-hydrogen) atoms. The molecule has 2 aliphatic carbocycles. The van der Waals surface area contributed by atoms with Gasteiger partial charge in [0.1, 0.15) is 30.0 Å². The van der Waals surface area contributed by atoms with Gasteiger partial charge in [-0.1, -0.05) is 19.1 Å². The van der Waals surface area contributed by atoms with E-state index in [9.17, 15) is 44.4 Å². The summed E-state index contributed by atoms with van der Waals surface area (Å²) in [6.07, 6.45) is -2.99. The summed E-state index contributed by atoms with van der Waals surface area (Å²) in [5, 5.41) is 46.8. The molecule has 0 saturated carbocycles. The van der Waals surface area contributed by atoms with Gasteiger partial charge in [-0.2, -0.15) is 0 Å². The Morgan fingerprint density at radius 2 is 1.75 bits per heavy atom. The van der Waals surface area contributed by atoms with Crippen LogP contribution in [-0.4, -0.2) is 105 Å². The lowest BCUT2D eigenvalue weighted by atomic mass is 9.73. The number of nitrogens with one attached hydrogen (secondary N) is 1. The maximum atomic E-state index is 13.9. The summed E-state index contributed by atoms with van der Waals surface area (Å²) in [5.74, 6) is -4.38. The second kappa shape index (κ2) is 14.3. The number of amides is 2. The van der Waals surface area contributed by atoms with E-state index < -0.39 is 83.1 Å². The largest absolute Gasteiger partial charge is 0.507 e. The fourth-order valence-corrected chi connectivity index (χ4v) is 8.11. The molecule has 5 N–H and O–H groups in total. The molecular weight excluding hydrogens is 664 g/mol. The number of aromatic hydroxyl groups is 2. The summed E-state index contributed by atoms with van der Waals surface area (Å²) in [4.78, 5) is 67.9. The predicted octanol–water partition coefficient (Wildman–Crippen LogP) is 2.08. The second-order valence-corrected chi connectivity index (χ2v) is 13.9. The van der Waals surface area contributed by atoms with Gasteiger partial charge in [0.25, 0.3) is 0 Å². The number of Topliss-reactive ketones (excluding diaryl/α,β-unsaturated/α-hetero) is 1. The number of aliphatic hydroxyl groups is 2. The normalized spacial score (nSPS) is 28.6. The standard InChI is InChI=1S/C37H44N2O12/c1-5-18-11-16(2)39(37(18)48)10-9-26(42)38-22-14-27(50-17(3)32(22)43)51-25-13-19(23(41)15-40)12-21-29(25)36(47)31-30(34(21)45)33(44)20-7-6-8-24(49-4)28(20)35(31)46/h6-8,16-19,22,25,27,32,40,43,45,47H,5,9-15H2,1-4H3,(H,38,42)/t16?,17-,18?,19?,22-,25-,27-,32+/m0/s1. The Balaban J connectivity index is 1.27. The van der Waals surface area contributed by atoms with Gasteiger partial charge in [0.05, 0.1) is 42.0 Å². The van der Waals surface area contributed by atoms with Crippen molar-refractivity contribution in [2.45, 2.75) is 96.0 Å². The lowest BCUT2D eigenvalue weighted by molar-refractivity contribution is -0.245. The number of aliphatic hydroxyl groups excluding tert-OH is 2. The summed E-state index contributed by atoms with van der Waals surface area (Å²) in [5.41, 5.74) is -0.910. The van der Waals surface area contributed by atoms with Crippen LogP contribution in [0.3, 0.4) is 0 Å². The molecule has 2 saturated heterocycles. The van der Waals surface area contributed by atoms with Crippen LogP contribution in [0.5, 0.6) is 17.2 Å². The Bertz CT molecular complexity index is 1770. The van der Waals surface area contributed by atoms with E-state index in [0.29, 0.717) is 0 Å². The topological polar surface area (TPSA) is 209 Å². The number of fused-ring (bicyclic) bond motifs is 3. The molecule has 3 unspecified atom stereocenters. The van der Waals surface area contributed by atoms with Gasteiger partial charge in [-0.3, -0.25) is 24.0 Å². The monoisotopic (exact) mass is 708 g/mol. The van der Waals surface area contributed by atoms with Gasteiger partial charge < -0.3 is 44.9 Å². The quantitative estimate of drug-likeness (QED) is 0.192. The first-order valence-electron chi connectivity index (χ1n) is 17.4. The highest BCUT2D eigenvalue weighted by Crippen LogP contribution is 2.51. The van der Waals surface area contributed by atoms with Gasteiger partial charge in [0.2, 0.25) is 17.6 Å². The van der Waals surface area contributed by atoms with E-state index in [-0.39, 0.29) is 84.0 Å². The number of likely N-dealkylation sites (tertiary alicyclic amines) is 1. The number of phenols is 2. The van der Waals surface area contributed by atoms with Crippen LogP contribution in [0.1, 0.15) is 102 Å². The number of rotatable bonds is 10. The lowest BCUT2D eigenvalue weighted by Gasteiger charge is -2.41. The SMILES string of the molecule is CCC1CC(C)N(CCC(=O)N[C@H]2C[C@H](O[C@H]3CC(C(=O)CO)Cc4c(O)c5c(c(O)c43)C(=O)c3c(OC)cccc3C5=O)O[C@@H](C)[C@H]2O)C1=O. The highest BCUT2D eigenvalue weighted by Gasteiger charge is 2.46. The first kappa shape index (κ1) is 36.4. The number of carbonyl (C=O) groups excluding carboxylic acids is 5. The zero-order chi connectivity index (χ0) is 36.9. The minimum Gasteiger partial charge on any atom is -0.507 e. The first-order valence-corrected chi connectivity index (χ1v) is 17.4. The molecule has 2 aromatic carbocycles. The Morgan fingerprint density at radius 1 is 1.02 bits per heavy atom. The van der Waals surface area contributed by atoms with Gasteiger partial charge in [-0.25, -0.2) is 0 Å². The first-order chi connectivity index (χ1) is 24.3. The summed E-state index contributed by atoms with van der Waals surface area (Å²) in [6.45, 7) is 4.95. The minimum atomic E-state index is -1.18. The third kappa shape index (κ3) is 6.39. The van der Waals surface area contributed by atoms with E-state index in [0.717, 1.165) is 12.8 Å². The molecule has 8 atom stereocenters. The summed E-state index contributed by atoms with van der Waals surface area (Å²) in [7, 11) is 1.34. The fourth-order valence-electron chi connectivity index (χ4n) is 8.11. The molecule has 14 heteroatoms. The lowest BCUT2D eigenvalue weighted by Crippen LogP contribution is -2.55. The Labute approximate surface area is 294 Å². The predicted molar refractivity (Wildman–Crippen MR) is 178 cm³/mol. The van der Waals surface area contributed by atoms with E-state index >= 15 is 0 Å². The van der Waals surface area contributed by atoms with Crippen LogP contribution in [0.15, 0.2) is 18.2 Å². The minimum absolute atomic E-state index is 0.00881. The number of benzene rings is 2. The Kier molecular flexibility index (Phi) is 10.2. The maximum Gasteiger partial charge on any atom is 0.226 e. The molecule has 0 spiro atoms. The molecule has 0 aromatic heterocycles. The molecule has 4 aliphatic rings. The van der Waals surface area contributed by atoms with E-state index in [2.05, 4.69) is 5.32 Å². The van der Waals surface area contributed by atoms with Gasteiger partial charge in [0.15, 0.2) is 17.9 Å². The average Bonchev–Trinajstić information content (AvgIpc) is 3.39. The molecule has 0 radical (unpaired) electrons. The van der Waals surface area contributed by atoms with E-state index in [1.165, 1.54) is 25.3 Å². The van der Waals surface area contributed by atoms with Crippen LogP contribution < -0.4 is 10.1 Å². The highest BCUT2D eigenvalue weighted by atomic mass is 16.7. The number of ketones is 3. The fraction of sp³-hybridized carbons (Fsp3) is 0.541. The van der Waals surface area contributed by atoms with Crippen LogP contribution in [0.4, 0.5) is 0 Å². The van der Waals surface area contributed by atoms with E-state index in [4.69, 9.17) is 14.2 Å². The number of phenolic OH excluding ortho intramolecular Hbond substituents is 2. The van der Waals surface area contributed by atoms with Gasteiger partial charge in [-0.15, -0.1) is 0 Å². The average molecular weight is 709 g/mol. The van der Waals surface area contributed by atoms with Gasteiger partial charge >= 0.3 is 0 Å². The molecule has 2 fully saturated rings. The van der Waals surface area contributed by atoms with Crippen molar-refractivity contribution >= 4 is 29.2 Å². The zero-order valence-corrected chi connectivity index (χ0v) is 29.0. The number of ether oxygens (including phenoxy) is 3. The van der Waals surface area contributed by atoms with Crippen molar-refractivity contribution in [2.24, 2.45) is 11.8 Å². The number of carbonyl (C=O) groups is 5. The smallest absolute Gasteiger partial charge is 0.226 e. The molecule has 2 aromatic rings. The van der Waals surface area contributed by atoms with Gasteiger partial charge in [0, 0.05) is 54.0 Å². The van der Waals surface area contributed by atoms with Crippen molar-refractivity contribution in [3.63, 3.8) is 0 Å². The van der Waals surface area contributed by atoms with Crippen LogP contribution in [0.2, 0.25) is 0 Å². The molecule has 0 bridgehead atoms. The molecule has 6 rings (SSSR count). The number of hydrogen-bond acceptors (Lipinski definition) is 12. The molecular formula is C37H44N2O12. The van der Waals surface area contributed by atoms with Crippen LogP contribution in [-0.2, 0) is 30.3 Å². The zero-order valence-electron chi connectivity index (χ0n) is 29.0. The summed E-state index contributed by atoms with van der Waals surface area (Å²) in [6, 6.07) is 3.64. The molecule has 2 amide bonds. The number of methoxy groups -OCH3 is 1. The molecule has 2 heterocycles. The molecule has 2 aliphatic heterocycles. The highest BCUT2D eigenvalue weighted by molar-refractivity contribution is 6.31. The third-order valence-corrected chi connectivity index (χ3v) is 10.9. The van der Waals surface area contributed by atoms with Crippen molar-refractivity contribution in [2.75, 3.05) is 20.3 Å². The van der Waals surface area contributed by atoms with Crippen molar-refractivity contribution in [3.05, 3.63) is 51.6 Å². The van der Waals surface area contributed by atoms with Crippen molar-refractivity contribution in [1.29, 1.82) is 0 Å². The summed E-state index contributed by atoms with van der Waals surface area (Å²) < 4.78 is 17.6.